The molecule has 0 radical (unpaired) electrons. The highest BCUT2D eigenvalue weighted by Gasteiger charge is 2.11. The first-order valence-electron chi connectivity index (χ1n) is 10.2. The fraction of sp³-hybridized carbons (Fsp3) is 0.167. The van der Waals surface area contributed by atoms with E-state index in [1.807, 2.05) is 81.4 Å². The van der Waals surface area contributed by atoms with Crippen LogP contribution in [0.3, 0.4) is 0 Å². The van der Waals surface area contributed by atoms with E-state index in [9.17, 15) is 4.79 Å². The van der Waals surface area contributed by atoms with Crippen LogP contribution in [0.2, 0.25) is 0 Å². The van der Waals surface area contributed by atoms with E-state index in [1.54, 1.807) is 4.80 Å². The van der Waals surface area contributed by atoms with E-state index in [-0.39, 0.29) is 11.0 Å². The summed E-state index contributed by atoms with van der Waals surface area (Å²) in [5.74, 6) is 0.549. The van der Waals surface area contributed by atoms with Crippen LogP contribution in [0.1, 0.15) is 28.4 Å². The maximum absolute atomic E-state index is 12.5. The van der Waals surface area contributed by atoms with Gasteiger partial charge in [-0.1, -0.05) is 17.2 Å². The molecule has 0 fully saturated rings. The topological polar surface area (TPSA) is 81.1 Å². The Morgan fingerprint density at radius 3 is 2.34 bits per heavy atom. The number of carbonyl (C=O) groups is 1. The van der Waals surface area contributed by atoms with Crippen LogP contribution in [-0.2, 0) is 0 Å². The lowest BCUT2D eigenvalue weighted by atomic mass is 10.1. The zero-order valence-electron chi connectivity index (χ0n) is 18.0. The Labute approximate surface area is 191 Å². The normalized spacial score (nSPS) is 10.7. The molecule has 3 aromatic carbocycles. The lowest BCUT2D eigenvalue weighted by Crippen LogP contribution is -2.34. The molecule has 4 aromatic rings. The SMILES string of the molecule is CCOc1ccc(-n2nc3ccc(NC(=S)NC(=O)c4cc(C)cc(C)c4)cc3n2)cc1. The van der Waals surface area contributed by atoms with Gasteiger partial charge >= 0.3 is 0 Å². The van der Waals surface area contributed by atoms with Crippen molar-refractivity contribution in [1.82, 2.24) is 20.3 Å². The molecule has 0 unspecified atom stereocenters. The minimum Gasteiger partial charge on any atom is -0.494 e. The number of nitrogens with zero attached hydrogens (tertiary/aromatic N) is 3. The third-order valence-electron chi connectivity index (χ3n) is 4.73. The molecular formula is C24H23N5O2S. The van der Waals surface area contributed by atoms with Crippen LogP contribution in [0.5, 0.6) is 5.75 Å². The molecule has 32 heavy (non-hydrogen) atoms. The second-order valence-electron chi connectivity index (χ2n) is 7.40. The Kier molecular flexibility index (Phi) is 6.13. The number of aryl methyl sites for hydroxylation is 2. The Hall–Kier alpha value is -3.78. The summed E-state index contributed by atoms with van der Waals surface area (Å²) < 4.78 is 5.48. The maximum atomic E-state index is 12.5. The standard InChI is InChI=1S/C24H23N5O2S/c1-4-31-20-8-6-19(7-9-20)29-27-21-10-5-18(14-22(21)28-29)25-24(32)26-23(30)17-12-15(2)11-16(3)13-17/h5-14H,4H2,1-3H3,(H2,25,26,30,32). The van der Waals surface area contributed by atoms with E-state index in [2.05, 4.69) is 20.8 Å². The Balaban J connectivity index is 1.46. The Bertz CT molecular complexity index is 1280. The average Bonchev–Trinajstić information content (AvgIpc) is 3.17. The first-order chi connectivity index (χ1) is 15.4. The molecule has 0 aliphatic rings. The van der Waals surface area contributed by atoms with E-state index in [4.69, 9.17) is 17.0 Å². The van der Waals surface area contributed by atoms with Gasteiger partial charge in [-0.3, -0.25) is 10.1 Å². The van der Waals surface area contributed by atoms with Crippen LogP contribution in [0, 0.1) is 13.8 Å². The number of thiocarbonyl (C=S) groups is 1. The number of aromatic nitrogens is 3. The molecule has 0 saturated heterocycles. The third-order valence-corrected chi connectivity index (χ3v) is 4.93. The second kappa shape index (κ2) is 9.15. The molecule has 1 amide bonds. The highest BCUT2D eigenvalue weighted by Crippen LogP contribution is 2.19. The zero-order chi connectivity index (χ0) is 22.7. The number of fused-ring (bicyclic) bond motifs is 1. The van der Waals surface area contributed by atoms with Crippen LogP contribution in [0.4, 0.5) is 5.69 Å². The summed E-state index contributed by atoms with van der Waals surface area (Å²) in [5, 5.41) is 15.0. The zero-order valence-corrected chi connectivity index (χ0v) is 18.9. The summed E-state index contributed by atoms with van der Waals surface area (Å²) >= 11 is 5.32. The minimum absolute atomic E-state index is 0.215. The predicted molar refractivity (Wildman–Crippen MR) is 130 cm³/mol. The van der Waals surface area contributed by atoms with Crippen molar-refractivity contribution in [1.29, 1.82) is 0 Å². The molecule has 162 valence electrons. The first kappa shape index (κ1) is 21.5. The molecule has 1 aromatic heterocycles. The number of nitrogens with one attached hydrogen (secondary N) is 2. The van der Waals surface area contributed by atoms with Crippen LogP contribution >= 0.6 is 12.2 Å². The monoisotopic (exact) mass is 445 g/mol. The van der Waals surface area contributed by atoms with Crippen LogP contribution in [-0.4, -0.2) is 32.6 Å². The number of anilines is 1. The largest absolute Gasteiger partial charge is 0.494 e. The van der Waals surface area contributed by atoms with Crippen molar-refractivity contribution in [3.63, 3.8) is 0 Å². The molecule has 0 bridgehead atoms. The molecule has 0 atom stereocenters. The lowest BCUT2D eigenvalue weighted by molar-refractivity contribution is 0.0977. The average molecular weight is 446 g/mol. The van der Waals surface area contributed by atoms with Gasteiger partial charge < -0.3 is 10.1 Å². The summed E-state index contributed by atoms with van der Waals surface area (Å²) in [4.78, 5) is 14.1. The molecular weight excluding hydrogens is 422 g/mol. The van der Waals surface area contributed by atoms with Gasteiger partial charge in [0.25, 0.3) is 5.91 Å². The molecule has 0 saturated carbocycles. The van der Waals surface area contributed by atoms with Crippen LogP contribution in [0.15, 0.2) is 60.7 Å². The quantitative estimate of drug-likeness (QED) is 0.438. The summed E-state index contributed by atoms with van der Waals surface area (Å²) in [6.45, 7) is 6.47. The number of amides is 1. The van der Waals surface area contributed by atoms with Gasteiger partial charge in [0.15, 0.2) is 5.11 Å². The summed E-state index contributed by atoms with van der Waals surface area (Å²) in [7, 11) is 0. The molecule has 7 nitrogen and oxygen atoms in total. The van der Waals surface area contributed by atoms with Crippen molar-refractivity contribution in [3.8, 4) is 11.4 Å². The van der Waals surface area contributed by atoms with E-state index in [0.717, 1.165) is 28.1 Å². The van der Waals surface area contributed by atoms with Crippen LogP contribution in [0.25, 0.3) is 16.7 Å². The summed E-state index contributed by atoms with van der Waals surface area (Å²) in [6, 6.07) is 18.8. The highest BCUT2D eigenvalue weighted by molar-refractivity contribution is 7.80. The fourth-order valence-electron chi connectivity index (χ4n) is 3.39. The van der Waals surface area contributed by atoms with Crippen molar-refractivity contribution in [2.75, 3.05) is 11.9 Å². The van der Waals surface area contributed by atoms with Gasteiger partial charge in [-0.05, 0) is 87.6 Å². The van der Waals surface area contributed by atoms with Crippen molar-refractivity contribution >= 4 is 40.0 Å². The predicted octanol–water partition coefficient (Wildman–Crippen LogP) is 4.56. The number of benzene rings is 3. The smallest absolute Gasteiger partial charge is 0.257 e. The molecule has 4 rings (SSSR count). The fourth-order valence-corrected chi connectivity index (χ4v) is 3.60. The number of hydrogen-bond acceptors (Lipinski definition) is 5. The lowest BCUT2D eigenvalue weighted by Gasteiger charge is -2.10. The van der Waals surface area contributed by atoms with Gasteiger partial charge in [-0.15, -0.1) is 10.2 Å². The second-order valence-corrected chi connectivity index (χ2v) is 7.81. The minimum atomic E-state index is -0.253. The van der Waals surface area contributed by atoms with Crippen molar-refractivity contribution in [2.24, 2.45) is 0 Å². The van der Waals surface area contributed by atoms with E-state index < -0.39 is 0 Å². The van der Waals surface area contributed by atoms with Gasteiger partial charge in [0.1, 0.15) is 16.8 Å². The molecule has 0 aliphatic heterocycles. The van der Waals surface area contributed by atoms with E-state index >= 15 is 0 Å². The van der Waals surface area contributed by atoms with Crippen molar-refractivity contribution in [3.05, 3.63) is 77.4 Å². The molecule has 2 N–H and O–H groups in total. The van der Waals surface area contributed by atoms with Gasteiger partial charge in [0, 0.05) is 11.3 Å². The highest BCUT2D eigenvalue weighted by atomic mass is 32.1. The van der Waals surface area contributed by atoms with Gasteiger partial charge in [-0.2, -0.15) is 4.80 Å². The van der Waals surface area contributed by atoms with Gasteiger partial charge in [-0.25, -0.2) is 0 Å². The summed E-state index contributed by atoms with van der Waals surface area (Å²) in [5.41, 5.74) is 5.60. The third kappa shape index (κ3) is 4.92. The summed E-state index contributed by atoms with van der Waals surface area (Å²) in [6.07, 6.45) is 0. The number of hydrogen-bond donors (Lipinski definition) is 2. The van der Waals surface area contributed by atoms with E-state index in [0.29, 0.717) is 23.4 Å². The van der Waals surface area contributed by atoms with Gasteiger partial charge in [0.05, 0.1) is 12.3 Å². The van der Waals surface area contributed by atoms with Crippen molar-refractivity contribution in [2.45, 2.75) is 20.8 Å². The van der Waals surface area contributed by atoms with Gasteiger partial charge in [0.2, 0.25) is 0 Å². The van der Waals surface area contributed by atoms with Crippen LogP contribution < -0.4 is 15.4 Å². The van der Waals surface area contributed by atoms with Crippen molar-refractivity contribution < 1.29 is 9.53 Å². The number of carbonyl (C=O) groups excluding carboxylic acids is 1. The molecule has 0 aliphatic carbocycles. The molecule has 1 heterocycles. The Morgan fingerprint density at radius 2 is 1.66 bits per heavy atom. The van der Waals surface area contributed by atoms with E-state index in [1.165, 1.54) is 0 Å². The molecule has 0 spiro atoms. The first-order valence-corrected chi connectivity index (χ1v) is 10.6. The maximum Gasteiger partial charge on any atom is 0.257 e. The molecule has 8 heteroatoms. The number of rotatable bonds is 5. The Morgan fingerprint density at radius 1 is 0.969 bits per heavy atom. The number of ether oxygens (including phenoxy) is 1.